The van der Waals surface area contributed by atoms with E-state index in [0.717, 1.165) is 49.8 Å². The number of rotatable bonds is 5. The first-order chi connectivity index (χ1) is 25.4. The third-order valence-corrected chi connectivity index (χ3v) is 10.3. The van der Waals surface area contributed by atoms with Crippen LogP contribution in [0.3, 0.4) is 0 Å². The predicted octanol–water partition coefficient (Wildman–Crippen LogP) is 11.8. The Morgan fingerprint density at radius 1 is 0.720 bits per heavy atom. The molecule has 0 aliphatic rings. The molecule has 9 rings (SSSR count). The zero-order valence-corrected chi connectivity index (χ0v) is 29.1. The third-order valence-electron chi connectivity index (χ3n) is 10.3. The van der Waals surface area contributed by atoms with Gasteiger partial charge in [0.2, 0.25) is 5.71 Å². The smallest absolute Gasteiger partial charge is 0.299 e. The van der Waals surface area contributed by atoms with Gasteiger partial charge in [0.1, 0.15) is 16.8 Å². The second-order valence-corrected chi connectivity index (χ2v) is 14.1. The standard InChI is InChI=1S/C45H40N3O2/c1-25(2)33-23-30(29-15-9-8-10-16-29)24-34(26(3)4)41(33)48-36-19-13-12-18-35(36)47(7)45(48)38-27(5)21-22-32-39-40-31-17-11-14-20-37(31)49-44(40)46-28(6)42(39)50-43(32)38/h8-26H,1-7H3/q+1/i6D3. The summed E-state index contributed by atoms with van der Waals surface area (Å²) in [7, 11) is 2.11. The molecule has 5 heteroatoms. The molecular formula is C45H40N3O2+. The minimum absolute atomic E-state index is 0.107. The summed E-state index contributed by atoms with van der Waals surface area (Å²) < 4.78 is 43.3. The lowest BCUT2D eigenvalue weighted by molar-refractivity contribution is -0.633. The molecule has 0 fully saturated rings. The molecule has 5 aromatic carbocycles. The summed E-state index contributed by atoms with van der Waals surface area (Å²) in [5, 5.41) is 3.13. The average molecular weight is 658 g/mol. The van der Waals surface area contributed by atoms with Gasteiger partial charge >= 0.3 is 0 Å². The van der Waals surface area contributed by atoms with Crippen LogP contribution in [0, 0.1) is 13.8 Å². The third kappa shape index (κ3) is 4.32. The molecule has 0 aliphatic heterocycles. The van der Waals surface area contributed by atoms with Crippen molar-refractivity contribution < 1.29 is 17.5 Å². The molecule has 0 spiro atoms. The highest BCUT2D eigenvalue weighted by atomic mass is 16.3. The van der Waals surface area contributed by atoms with Gasteiger partial charge in [0.05, 0.1) is 18.1 Å². The van der Waals surface area contributed by atoms with Crippen LogP contribution in [0.2, 0.25) is 0 Å². The molecule has 0 saturated heterocycles. The number of furan rings is 2. The summed E-state index contributed by atoms with van der Waals surface area (Å²) in [5.41, 5.74) is 11.8. The van der Waals surface area contributed by atoms with E-state index in [1.54, 1.807) is 0 Å². The van der Waals surface area contributed by atoms with Gasteiger partial charge in [-0.15, -0.1) is 0 Å². The molecule has 50 heavy (non-hydrogen) atoms. The number of para-hydroxylation sites is 3. The summed E-state index contributed by atoms with van der Waals surface area (Å²) >= 11 is 0. The van der Waals surface area contributed by atoms with Crippen molar-refractivity contribution in [1.82, 2.24) is 9.55 Å². The molecule has 9 aromatic rings. The molecule has 0 N–H and O–H groups in total. The zero-order valence-electron chi connectivity index (χ0n) is 32.1. The number of fused-ring (bicyclic) bond motifs is 8. The van der Waals surface area contributed by atoms with Gasteiger partial charge in [0.15, 0.2) is 22.2 Å². The fraction of sp³-hybridized carbons (Fsp3) is 0.200. The normalized spacial score (nSPS) is 13.4. The highest BCUT2D eigenvalue weighted by Gasteiger charge is 2.34. The van der Waals surface area contributed by atoms with E-state index in [1.807, 2.05) is 30.3 Å². The van der Waals surface area contributed by atoms with Gasteiger partial charge in [-0.1, -0.05) is 100 Å². The lowest BCUT2D eigenvalue weighted by atomic mass is 9.88. The largest absolute Gasteiger partial charge is 0.453 e. The van der Waals surface area contributed by atoms with Gasteiger partial charge in [-0.2, -0.15) is 4.57 Å². The van der Waals surface area contributed by atoms with Crippen LogP contribution in [-0.4, -0.2) is 9.55 Å². The summed E-state index contributed by atoms with van der Waals surface area (Å²) in [5.74, 6) is 1.37. The SMILES string of the molecule is [2H]C([2H])([2H])c1nc2oc3ccccc3c2c2c1oc1c(-c3n(-c4c(C(C)C)cc(-c5ccccc5)cc4C(C)C)c4ccccc4[n+]3C)c(C)ccc12. The summed E-state index contributed by atoms with van der Waals surface area (Å²) in [6, 6.07) is 35.7. The second kappa shape index (κ2) is 11.2. The number of aromatic nitrogens is 3. The molecule has 246 valence electrons. The number of benzene rings is 5. The Morgan fingerprint density at radius 2 is 1.42 bits per heavy atom. The van der Waals surface area contributed by atoms with Crippen molar-refractivity contribution in [3.8, 4) is 28.2 Å². The summed E-state index contributed by atoms with van der Waals surface area (Å²) in [6.45, 7) is 8.61. The Kier molecular flexibility index (Phi) is 6.07. The summed E-state index contributed by atoms with van der Waals surface area (Å²) in [4.78, 5) is 4.61. The van der Waals surface area contributed by atoms with Crippen molar-refractivity contribution in [2.45, 2.75) is 53.3 Å². The Bertz CT molecular complexity index is 2880. The van der Waals surface area contributed by atoms with Crippen LogP contribution in [0.1, 0.15) is 66.0 Å². The first-order valence-electron chi connectivity index (χ1n) is 18.8. The van der Waals surface area contributed by atoms with Gasteiger partial charge in [0, 0.05) is 31.4 Å². The maximum Gasteiger partial charge on any atom is 0.299 e. The van der Waals surface area contributed by atoms with Crippen LogP contribution in [-0.2, 0) is 7.05 Å². The maximum atomic E-state index is 8.52. The van der Waals surface area contributed by atoms with E-state index in [-0.39, 0.29) is 28.8 Å². The number of aryl methyl sites for hydroxylation is 3. The minimum Gasteiger partial charge on any atom is -0.453 e. The van der Waals surface area contributed by atoms with Crippen molar-refractivity contribution >= 4 is 55.0 Å². The van der Waals surface area contributed by atoms with Crippen molar-refractivity contribution in [2.75, 3.05) is 0 Å². The first-order valence-corrected chi connectivity index (χ1v) is 17.3. The molecule has 0 unspecified atom stereocenters. The number of imidazole rings is 1. The second-order valence-electron chi connectivity index (χ2n) is 14.1. The fourth-order valence-corrected chi connectivity index (χ4v) is 7.89. The van der Waals surface area contributed by atoms with Crippen LogP contribution in [0.15, 0.2) is 112 Å². The molecular weight excluding hydrogens is 615 g/mol. The lowest BCUT2D eigenvalue weighted by Gasteiger charge is -2.21. The Labute approximate surface area is 295 Å². The predicted molar refractivity (Wildman–Crippen MR) is 205 cm³/mol. The Hall–Kier alpha value is -5.68. The minimum atomic E-state index is -2.53. The molecule has 0 amide bonds. The highest BCUT2D eigenvalue weighted by Crippen LogP contribution is 2.45. The van der Waals surface area contributed by atoms with Crippen molar-refractivity contribution in [2.24, 2.45) is 7.05 Å². The van der Waals surface area contributed by atoms with Crippen molar-refractivity contribution in [3.05, 3.63) is 126 Å². The van der Waals surface area contributed by atoms with Crippen LogP contribution < -0.4 is 4.57 Å². The molecule has 0 saturated carbocycles. The van der Waals surface area contributed by atoms with Crippen LogP contribution in [0.5, 0.6) is 0 Å². The quantitative estimate of drug-likeness (QED) is 0.173. The lowest BCUT2D eigenvalue weighted by Crippen LogP contribution is -2.30. The number of pyridine rings is 1. The molecule has 0 atom stereocenters. The van der Waals surface area contributed by atoms with E-state index < -0.39 is 6.85 Å². The van der Waals surface area contributed by atoms with Crippen LogP contribution in [0.4, 0.5) is 0 Å². The molecule has 0 bridgehead atoms. The van der Waals surface area contributed by atoms with Crippen molar-refractivity contribution in [1.29, 1.82) is 0 Å². The maximum absolute atomic E-state index is 8.52. The molecule has 4 aromatic heterocycles. The van der Waals surface area contributed by atoms with E-state index in [9.17, 15) is 0 Å². The van der Waals surface area contributed by atoms with Crippen LogP contribution in [0.25, 0.3) is 83.2 Å². The van der Waals surface area contributed by atoms with Gasteiger partial charge < -0.3 is 8.83 Å². The van der Waals surface area contributed by atoms with Crippen molar-refractivity contribution in [3.63, 3.8) is 0 Å². The highest BCUT2D eigenvalue weighted by molar-refractivity contribution is 6.26. The number of hydrogen-bond donors (Lipinski definition) is 0. The Balaban J connectivity index is 1.46. The fourth-order valence-electron chi connectivity index (χ4n) is 7.89. The van der Waals surface area contributed by atoms with Gasteiger partial charge in [-0.3, -0.25) is 0 Å². The van der Waals surface area contributed by atoms with Crippen LogP contribution >= 0.6 is 0 Å². The van der Waals surface area contributed by atoms with E-state index in [1.165, 1.54) is 22.3 Å². The molecule has 0 radical (unpaired) electrons. The summed E-state index contributed by atoms with van der Waals surface area (Å²) in [6.07, 6.45) is 0. The number of nitrogens with zero attached hydrogens (tertiary/aromatic N) is 3. The topological polar surface area (TPSA) is 48.0 Å². The van der Waals surface area contributed by atoms with E-state index >= 15 is 0 Å². The first kappa shape index (κ1) is 27.2. The van der Waals surface area contributed by atoms with Gasteiger partial charge in [-0.05, 0) is 72.6 Å². The van der Waals surface area contributed by atoms with E-state index in [4.69, 9.17) is 12.9 Å². The molecule has 5 nitrogen and oxygen atoms in total. The average Bonchev–Trinajstić information content (AvgIpc) is 3.80. The van der Waals surface area contributed by atoms with E-state index in [0.29, 0.717) is 16.6 Å². The Morgan fingerprint density at radius 3 is 2.16 bits per heavy atom. The number of hydrogen-bond acceptors (Lipinski definition) is 3. The molecule has 4 heterocycles. The van der Waals surface area contributed by atoms with Gasteiger partial charge in [-0.25, -0.2) is 9.55 Å². The molecule has 0 aliphatic carbocycles. The zero-order chi connectivity index (χ0) is 36.9. The monoisotopic (exact) mass is 657 g/mol. The van der Waals surface area contributed by atoms with E-state index in [2.05, 4.69) is 129 Å². The van der Waals surface area contributed by atoms with Gasteiger partial charge in [0.25, 0.3) is 5.82 Å².